The van der Waals surface area contributed by atoms with E-state index in [0.717, 1.165) is 0 Å². The number of hydrogen-bond donors (Lipinski definition) is 1. The molecule has 4 nitrogen and oxygen atoms in total. The van der Waals surface area contributed by atoms with Gasteiger partial charge < -0.3 is 9.42 Å². The molecule has 0 bridgehead atoms. The third kappa shape index (κ3) is 10.9. The molecule has 1 aromatic rings. The molecule has 0 spiro atoms. The first-order valence-electron chi connectivity index (χ1n) is 5.21. The molecule has 20 heavy (non-hydrogen) atoms. The van der Waals surface area contributed by atoms with Gasteiger partial charge in [0.05, 0.1) is 11.2 Å². The van der Waals surface area contributed by atoms with Crippen molar-refractivity contribution in [1.82, 2.24) is 0 Å². The Bertz CT molecular complexity index is 445. The normalized spacial score (nSPS) is 12.3. The first-order chi connectivity index (χ1) is 8.66. The van der Waals surface area contributed by atoms with Crippen molar-refractivity contribution in [2.45, 2.75) is 13.8 Å². The van der Waals surface area contributed by atoms with E-state index >= 15 is 0 Å². The summed E-state index contributed by atoms with van der Waals surface area (Å²) in [4.78, 5) is 20.7. The second kappa shape index (κ2) is 11.8. The fourth-order valence-corrected chi connectivity index (χ4v) is 2.01. The van der Waals surface area contributed by atoms with Gasteiger partial charge in [-0.05, 0) is 12.1 Å². The average molecular weight is 386 g/mol. The third-order valence-electron chi connectivity index (χ3n) is 1.77. The number of carbonyl (C=O) groups excluding carboxylic acids is 1. The molecule has 0 aromatic heterocycles. The summed E-state index contributed by atoms with van der Waals surface area (Å²) in [5.74, 6) is -1.10. The first kappa shape index (κ1) is 23.5. The van der Waals surface area contributed by atoms with Gasteiger partial charge in [-0.15, -0.1) is 0 Å². The summed E-state index contributed by atoms with van der Waals surface area (Å²) < 4.78 is 16.2. The van der Waals surface area contributed by atoms with Crippen molar-refractivity contribution in [1.29, 1.82) is 0 Å². The van der Waals surface area contributed by atoms with Crippen molar-refractivity contribution in [3.05, 3.63) is 30.3 Å². The number of halogens is 3. The van der Waals surface area contributed by atoms with Crippen molar-refractivity contribution in [3.8, 4) is 0 Å². The van der Waals surface area contributed by atoms with Gasteiger partial charge in [-0.3, -0.25) is 4.79 Å². The molecule has 0 aliphatic heterocycles. The van der Waals surface area contributed by atoms with Crippen LogP contribution in [0, 0.1) is 5.92 Å². The van der Waals surface area contributed by atoms with Gasteiger partial charge >= 0.3 is 54.5 Å². The molecule has 0 fully saturated rings. The van der Waals surface area contributed by atoms with E-state index in [2.05, 4.69) is 4.52 Å². The van der Waals surface area contributed by atoms with Crippen LogP contribution in [0.4, 0.5) is 0 Å². The van der Waals surface area contributed by atoms with Crippen LogP contribution < -0.4 is 5.30 Å². The van der Waals surface area contributed by atoms with Crippen LogP contribution in [0.2, 0.25) is 0 Å². The van der Waals surface area contributed by atoms with E-state index in [9.17, 15) is 14.3 Å². The summed E-state index contributed by atoms with van der Waals surface area (Å²) in [7, 11) is 10.8. The number of benzene rings is 1. The standard InChI is InChI=1S/C10H13O4P.Al.3ClH.Na.H/c1-8(2)10(11)14-15(12,13)9-6-4-3-5-7-9;;;;;;/h3-8H,1-2H3,(H,12,13);;3*1H;;/q;+3;;;;;/p-3. The predicted molar refractivity (Wildman–Crippen MR) is 87.3 cm³/mol. The zero-order valence-corrected chi connectivity index (χ0v) is 14.6. The van der Waals surface area contributed by atoms with Crippen molar-refractivity contribution in [3.63, 3.8) is 0 Å². The minimum atomic E-state index is -4.00. The van der Waals surface area contributed by atoms with Gasteiger partial charge in [-0.2, -0.15) is 0 Å². The molecule has 0 heterocycles. The van der Waals surface area contributed by atoms with Crippen LogP contribution in [-0.2, 0) is 13.9 Å². The summed E-state index contributed by atoms with van der Waals surface area (Å²) in [6, 6.07) is 7.85. The van der Waals surface area contributed by atoms with Crippen molar-refractivity contribution >= 4 is 90.0 Å². The summed E-state index contributed by atoms with van der Waals surface area (Å²) >= 11 is -1.72. The molecule has 0 aliphatic rings. The Hall–Kier alpha value is 1.28. The molecule has 1 rings (SSSR count). The van der Waals surface area contributed by atoms with E-state index in [4.69, 9.17) is 30.1 Å². The topological polar surface area (TPSA) is 63.6 Å². The van der Waals surface area contributed by atoms with Gasteiger partial charge in [0.15, 0.2) is 0 Å². The molecule has 0 aliphatic carbocycles. The Morgan fingerprint density at radius 1 is 1.25 bits per heavy atom. The van der Waals surface area contributed by atoms with E-state index in [-0.39, 0.29) is 34.9 Å². The van der Waals surface area contributed by atoms with Crippen LogP contribution in [0.5, 0.6) is 0 Å². The van der Waals surface area contributed by atoms with E-state index < -0.39 is 30.9 Å². The number of hydrogen-bond acceptors (Lipinski definition) is 3. The maximum atomic E-state index is 11.6. The Balaban J connectivity index is 0. The van der Waals surface area contributed by atoms with Crippen LogP contribution in [-0.4, -0.2) is 51.8 Å². The molecular formula is C10H14AlCl3NaO4P. The quantitative estimate of drug-likeness (QED) is 0.642. The van der Waals surface area contributed by atoms with E-state index in [1.807, 2.05) is 0 Å². The summed E-state index contributed by atoms with van der Waals surface area (Å²) in [6.45, 7) is 3.21. The zero-order chi connectivity index (χ0) is 15.1. The second-order valence-corrected chi connectivity index (χ2v) is 11.8. The molecular weight excluding hydrogens is 371 g/mol. The molecule has 1 aromatic carbocycles. The van der Waals surface area contributed by atoms with E-state index in [1.165, 1.54) is 12.1 Å². The predicted octanol–water partition coefficient (Wildman–Crippen LogP) is 2.74. The Kier molecular flexibility index (Phi) is 13.9. The van der Waals surface area contributed by atoms with E-state index in [1.54, 1.807) is 32.0 Å². The molecule has 0 amide bonds. The molecule has 0 saturated carbocycles. The summed E-state index contributed by atoms with van der Waals surface area (Å²) in [6.07, 6.45) is 0. The van der Waals surface area contributed by atoms with Gasteiger partial charge in [0, 0.05) is 0 Å². The fraction of sp³-hybridized carbons (Fsp3) is 0.300. The van der Waals surface area contributed by atoms with Crippen molar-refractivity contribution in [2.75, 3.05) is 0 Å². The van der Waals surface area contributed by atoms with Gasteiger partial charge in [-0.1, -0.05) is 32.0 Å². The van der Waals surface area contributed by atoms with Crippen LogP contribution in [0.15, 0.2) is 30.3 Å². The molecule has 10 heteroatoms. The van der Waals surface area contributed by atoms with E-state index in [0.29, 0.717) is 0 Å². The summed E-state index contributed by atoms with van der Waals surface area (Å²) in [5, 5.41) is 0.124. The van der Waals surface area contributed by atoms with Gasteiger partial charge in [0.1, 0.15) is 0 Å². The van der Waals surface area contributed by atoms with Crippen LogP contribution >= 0.6 is 37.7 Å². The third-order valence-corrected chi connectivity index (χ3v) is 3.15. The SMILES string of the molecule is CC(C)C(=O)OP(=O)(O)c1ccccc1.[Cl][Al]([Cl])[Cl].[NaH]. The van der Waals surface area contributed by atoms with Gasteiger partial charge in [-0.25, -0.2) is 34.7 Å². The maximum absolute atomic E-state index is 11.6. The molecule has 0 radical (unpaired) electrons. The average Bonchev–Trinajstić information content (AvgIpc) is 2.28. The monoisotopic (exact) mass is 384 g/mol. The number of carbonyl (C=O) groups is 1. The van der Waals surface area contributed by atoms with Gasteiger partial charge in [0.25, 0.3) is 0 Å². The van der Waals surface area contributed by atoms with Crippen molar-refractivity contribution < 1.29 is 18.8 Å². The summed E-state index contributed by atoms with van der Waals surface area (Å²) in [5.41, 5.74) is 0. The molecule has 1 unspecified atom stereocenters. The van der Waals surface area contributed by atoms with Crippen molar-refractivity contribution in [2.24, 2.45) is 5.92 Å². The Morgan fingerprint density at radius 3 is 2.00 bits per heavy atom. The van der Waals surface area contributed by atoms with Crippen LogP contribution in [0.1, 0.15) is 13.8 Å². The fourth-order valence-electron chi connectivity index (χ4n) is 0.896. The first-order valence-corrected chi connectivity index (χ1v) is 12.0. The second-order valence-electron chi connectivity index (χ2n) is 3.67. The molecule has 108 valence electrons. The zero-order valence-electron chi connectivity index (χ0n) is 10.3. The number of rotatable bonds is 3. The Morgan fingerprint density at radius 2 is 1.65 bits per heavy atom. The van der Waals surface area contributed by atoms with Crippen LogP contribution in [0.3, 0.4) is 0 Å². The molecule has 0 saturated heterocycles. The molecule has 1 atom stereocenters. The van der Waals surface area contributed by atoms with Gasteiger partial charge in [0.2, 0.25) is 0 Å². The molecule has 1 N–H and O–H groups in total. The minimum absolute atomic E-state index is 0. The van der Waals surface area contributed by atoms with Crippen LogP contribution in [0.25, 0.3) is 0 Å². The Labute approximate surface area is 157 Å².